The summed E-state index contributed by atoms with van der Waals surface area (Å²) in [5, 5.41) is 0. The fourth-order valence-electron chi connectivity index (χ4n) is 0.430. The number of esters is 1. The highest BCUT2D eigenvalue weighted by Gasteiger charge is 1.91. The van der Waals surface area contributed by atoms with Crippen molar-refractivity contribution >= 4 is 5.97 Å². The summed E-state index contributed by atoms with van der Waals surface area (Å²) >= 11 is 0. The fourth-order valence-corrected chi connectivity index (χ4v) is 0.430. The van der Waals surface area contributed by atoms with Gasteiger partial charge in [-0.05, 0) is 6.92 Å². The summed E-state index contributed by atoms with van der Waals surface area (Å²) in [6.45, 7) is 2.97. The van der Waals surface area contributed by atoms with Crippen LogP contribution in [-0.2, 0) is 14.3 Å². The zero-order valence-electron chi connectivity index (χ0n) is 6.58. The van der Waals surface area contributed by atoms with Crippen LogP contribution in [-0.4, -0.2) is 25.7 Å². The highest BCUT2D eigenvalue weighted by atomic mass is 16.5. The Morgan fingerprint density at radius 1 is 1.64 bits per heavy atom. The molecule has 0 aliphatic heterocycles. The minimum Gasteiger partial charge on any atom is -0.500 e. The quantitative estimate of drug-likeness (QED) is 0.266. The van der Waals surface area contributed by atoms with E-state index in [0.29, 0.717) is 19.8 Å². The summed E-state index contributed by atoms with van der Waals surface area (Å²) in [6.07, 6.45) is 2.50. The van der Waals surface area contributed by atoms with Gasteiger partial charge in [0, 0.05) is 6.54 Å². The van der Waals surface area contributed by atoms with Crippen LogP contribution in [0.2, 0.25) is 0 Å². The average Bonchev–Trinajstić information content (AvgIpc) is 1.99. The number of hydrogen-bond acceptors (Lipinski definition) is 4. The molecular weight excluding hydrogens is 146 g/mol. The van der Waals surface area contributed by atoms with Crippen molar-refractivity contribution < 1.29 is 14.3 Å². The van der Waals surface area contributed by atoms with Gasteiger partial charge in [-0.25, -0.2) is 4.79 Å². The first kappa shape index (κ1) is 9.97. The van der Waals surface area contributed by atoms with Gasteiger partial charge in [-0.2, -0.15) is 0 Å². The van der Waals surface area contributed by atoms with E-state index in [0.717, 1.165) is 0 Å². The molecule has 2 N–H and O–H groups in total. The van der Waals surface area contributed by atoms with E-state index in [-0.39, 0.29) is 0 Å². The van der Waals surface area contributed by atoms with Crippen molar-refractivity contribution in [3.63, 3.8) is 0 Å². The van der Waals surface area contributed by atoms with Crippen molar-refractivity contribution in [3.8, 4) is 0 Å². The molecule has 0 aromatic carbocycles. The standard InChI is InChI=1S/C7H13NO3/c1-2-11-7(9)3-5-10-6-4-8/h3,5H,2,4,6,8H2,1H3. The molecule has 64 valence electrons. The summed E-state index contributed by atoms with van der Waals surface area (Å²) in [5.41, 5.74) is 5.13. The highest BCUT2D eigenvalue weighted by molar-refractivity contribution is 5.81. The van der Waals surface area contributed by atoms with Crippen LogP contribution in [0.4, 0.5) is 0 Å². The minimum absolute atomic E-state index is 0.375. The topological polar surface area (TPSA) is 61.5 Å². The molecule has 0 aromatic rings. The second kappa shape index (κ2) is 7.08. The molecule has 0 heterocycles. The van der Waals surface area contributed by atoms with E-state index in [1.165, 1.54) is 12.3 Å². The molecule has 0 saturated carbocycles. The molecule has 0 unspecified atom stereocenters. The Bertz CT molecular complexity index is 134. The van der Waals surface area contributed by atoms with Crippen LogP contribution < -0.4 is 5.73 Å². The monoisotopic (exact) mass is 159 g/mol. The smallest absolute Gasteiger partial charge is 0.333 e. The Kier molecular flexibility index (Phi) is 6.42. The molecule has 0 radical (unpaired) electrons. The molecule has 0 saturated heterocycles. The van der Waals surface area contributed by atoms with E-state index in [1.54, 1.807) is 6.92 Å². The summed E-state index contributed by atoms with van der Waals surface area (Å²) in [4.78, 5) is 10.6. The molecule has 0 rings (SSSR count). The lowest BCUT2D eigenvalue weighted by molar-refractivity contribution is -0.137. The first-order chi connectivity index (χ1) is 5.31. The Balaban J connectivity index is 3.32. The molecular formula is C7H13NO3. The van der Waals surface area contributed by atoms with Crippen LogP contribution in [0.3, 0.4) is 0 Å². The van der Waals surface area contributed by atoms with E-state index in [4.69, 9.17) is 10.5 Å². The number of carbonyl (C=O) groups excluding carboxylic acids is 1. The van der Waals surface area contributed by atoms with Crippen molar-refractivity contribution in [1.82, 2.24) is 0 Å². The molecule has 0 aliphatic carbocycles. The third-order valence-corrected chi connectivity index (χ3v) is 0.823. The summed E-state index contributed by atoms with van der Waals surface area (Å²) in [6, 6.07) is 0. The molecule has 4 heteroatoms. The number of rotatable bonds is 5. The summed E-state index contributed by atoms with van der Waals surface area (Å²) in [5.74, 6) is -0.399. The van der Waals surface area contributed by atoms with Crippen LogP contribution >= 0.6 is 0 Å². The minimum atomic E-state index is -0.399. The molecule has 11 heavy (non-hydrogen) atoms. The summed E-state index contributed by atoms with van der Waals surface area (Å²) < 4.78 is 9.38. The lowest BCUT2D eigenvalue weighted by Crippen LogP contribution is -2.06. The van der Waals surface area contributed by atoms with Gasteiger partial charge < -0.3 is 15.2 Å². The van der Waals surface area contributed by atoms with E-state index in [2.05, 4.69) is 4.74 Å². The normalized spacial score (nSPS) is 10.0. The van der Waals surface area contributed by atoms with E-state index < -0.39 is 5.97 Å². The number of hydrogen-bond donors (Lipinski definition) is 1. The van der Waals surface area contributed by atoms with Crippen LogP contribution in [0.5, 0.6) is 0 Å². The van der Waals surface area contributed by atoms with Gasteiger partial charge in [0.1, 0.15) is 0 Å². The SMILES string of the molecule is CCOC(=O)C=COCCN. The summed E-state index contributed by atoms with van der Waals surface area (Å²) in [7, 11) is 0. The van der Waals surface area contributed by atoms with Crippen LogP contribution in [0.1, 0.15) is 6.92 Å². The number of nitrogens with two attached hydrogens (primary N) is 1. The van der Waals surface area contributed by atoms with Crippen molar-refractivity contribution in [2.24, 2.45) is 5.73 Å². The molecule has 0 bridgehead atoms. The van der Waals surface area contributed by atoms with Crippen LogP contribution in [0.15, 0.2) is 12.3 Å². The van der Waals surface area contributed by atoms with Crippen molar-refractivity contribution in [2.75, 3.05) is 19.8 Å². The zero-order valence-corrected chi connectivity index (χ0v) is 6.58. The lowest BCUT2D eigenvalue weighted by atomic mass is 10.6. The van der Waals surface area contributed by atoms with E-state index in [9.17, 15) is 4.79 Å². The first-order valence-electron chi connectivity index (χ1n) is 3.46. The number of ether oxygens (including phenoxy) is 2. The Morgan fingerprint density at radius 2 is 2.36 bits per heavy atom. The van der Waals surface area contributed by atoms with Gasteiger partial charge in [-0.3, -0.25) is 0 Å². The maximum Gasteiger partial charge on any atom is 0.333 e. The Labute approximate surface area is 66.0 Å². The molecule has 0 atom stereocenters. The molecule has 0 spiro atoms. The molecule has 0 aliphatic rings. The predicted octanol–water partition coefficient (Wildman–Crippen LogP) is 0.0385. The van der Waals surface area contributed by atoms with Gasteiger partial charge in [0.05, 0.1) is 25.6 Å². The maximum absolute atomic E-state index is 10.6. The highest BCUT2D eigenvalue weighted by Crippen LogP contribution is 1.81. The molecule has 0 aromatic heterocycles. The predicted molar refractivity (Wildman–Crippen MR) is 40.8 cm³/mol. The van der Waals surface area contributed by atoms with Crippen LogP contribution in [0, 0.1) is 0 Å². The third kappa shape index (κ3) is 6.86. The second-order valence-electron chi connectivity index (χ2n) is 1.71. The zero-order chi connectivity index (χ0) is 8.53. The van der Waals surface area contributed by atoms with Crippen LogP contribution in [0.25, 0.3) is 0 Å². The van der Waals surface area contributed by atoms with Gasteiger partial charge >= 0.3 is 5.97 Å². The first-order valence-corrected chi connectivity index (χ1v) is 3.46. The largest absolute Gasteiger partial charge is 0.500 e. The van der Waals surface area contributed by atoms with Gasteiger partial charge in [-0.15, -0.1) is 0 Å². The molecule has 0 fully saturated rings. The Hall–Kier alpha value is -1.03. The molecule has 4 nitrogen and oxygen atoms in total. The fraction of sp³-hybridized carbons (Fsp3) is 0.571. The van der Waals surface area contributed by atoms with Crippen molar-refractivity contribution in [3.05, 3.63) is 12.3 Å². The van der Waals surface area contributed by atoms with Gasteiger partial charge in [0.25, 0.3) is 0 Å². The second-order valence-corrected chi connectivity index (χ2v) is 1.71. The maximum atomic E-state index is 10.6. The van der Waals surface area contributed by atoms with E-state index >= 15 is 0 Å². The Morgan fingerprint density at radius 3 is 2.91 bits per heavy atom. The lowest BCUT2D eigenvalue weighted by Gasteiger charge is -1.96. The van der Waals surface area contributed by atoms with Crippen molar-refractivity contribution in [1.29, 1.82) is 0 Å². The third-order valence-electron chi connectivity index (χ3n) is 0.823. The van der Waals surface area contributed by atoms with E-state index in [1.807, 2.05) is 0 Å². The van der Waals surface area contributed by atoms with Gasteiger partial charge in [0.15, 0.2) is 0 Å². The van der Waals surface area contributed by atoms with Gasteiger partial charge in [0.2, 0.25) is 0 Å². The van der Waals surface area contributed by atoms with Gasteiger partial charge in [-0.1, -0.05) is 0 Å². The molecule has 0 amide bonds. The number of carbonyl (C=O) groups is 1. The van der Waals surface area contributed by atoms with Crippen molar-refractivity contribution in [2.45, 2.75) is 6.92 Å². The average molecular weight is 159 g/mol.